The van der Waals surface area contributed by atoms with E-state index in [-0.39, 0.29) is 11.8 Å². The average Bonchev–Trinajstić information content (AvgIpc) is 2.74. The molecule has 3 rings (SSSR count). The van der Waals surface area contributed by atoms with Crippen LogP contribution < -0.4 is 16.0 Å². The fraction of sp³-hybridized carbons (Fsp3) is 0.176. The molecule has 1 aliphatic rings. The molecule has 5 nitrogen and oxygen atoms in total. The zero-order valence-electron chi connectivity index (χ0n) is 12.3. The molecule has 0 saturated heterocycles. The van der Waals surface area contributed by atoms with Crippen LogP contribution in [0.2, 0.25) is 0 Å². The third-order valence-corrected chi connectivity index (χ3v) is 3.66. The molecule has 0 aromatic heterocycles. The lowest BCUT2D eigenvalue weighted by atomic mass is 10.00. The van der Waals surface area contributed by atoms with Crippen LogP contribution in [-0.4, -0.2) is 25.4 Å². The molecule has 0 spiro atoms. The second kappa shape index (κ2) is 5.89. The van der Waals surface area contributed by atoms with Crippen molar-refractivity contribution in [3.05, 3.63) is 48.0 Å². The van der Waals surface area contributed by atoms with Crippen LogP contribution >= 0.6 is 0 Å². The Morgan fingerprint density at radius 3 is 2.82 bits per heavy atom. The van der Waals surface area contributed by atoms with E-state index in [9.17, 15) is 9.59 Å². The predicted octanol–water partition coefficient (Wildman–Crippen LogP) is 2.47. The number of carbonyl (C=O) groups is 2. The van der Waals surface area contributed by atoms with Crippen LogP contribution in [0.15, 0.2) is 42.5 Å². The van der Waals surface area contributed by atoms with Crippen LogP contribution in [-0.2, 0) is 4.79 Å². The third-order valence-electron chi connectivity index (χ3n) is 3.66. The first-order valence-corrected chi connectivity index (χ1v) is 7.18. The van der Waals surface area contributed by atoms with Crippen LogP contribution in [0.25, 0.3) is 11.1 Å². The molecule has 5 heteroatoms. The molecule has 0 saturated carbocycles. The second-order valence-corrected chi connectivity index (χ2v) is 5.11. The molecule has 2 aromatic rings. The van der Waals surface area contributed by atoms with E-state index >= 15 is 0 Å². The van der Waals surface area contributed by atoms with Gasteiger partial charge in [-0.2, -0.15) is 0 Å². The molecule has 3 N–H and O–H groups in total. The maximum atomic E-state index is 11.8. The molecule has 0 fully saturated rings. The first-order valence-electron chi connectivity index (χ1n) is 7.18. The molecule has 0 unspecified atom stereocenters. The van der Waals surface area contributed by atoms with Crippen LogP contribution in [0.5, 0.6) is 0 Å². The Balaban J connectivity index is 2.08. The van der Waals surface area contributed by atoms with E-state index in [1.807, 2.05) is 36.4 Å². The van der Waals surface area contributed by atoms with Crippen molar-refractivity contribution in [3.8, 4) is 11.1 Å². The number of rotatable bonds is 2. The van der Waals surface area contributed by atoms with Gasteiger partial charge < -0.3 is 16.0 Å². The van der Waals surface area contributed by atoms with Gasteiger partial charge in [-0.15, -0.1) is 0 Å². The maximum absolute atomic E-state index is 11.8. The van der Waals surface area contributed by atoms with Crippen molar-refractivity contribution in [2.45, 2.75) is 6.42 Å². The average molecular weight is 295 g/mol. The van der Waals surface area contributed by atoms with Crippen molar-refractivity contribution >= 4 is 23.2 Å². The molecule has 0 radical (unpaired) electrons. The minimum atomic E-state index is -0.120. The van der Waals surface area contributed by atoms with Gasteiger partial charge in [0.1, 0.15) is 0 Å². The molecular weight excluding hydrogens is 278 g/mol. The van der Waals surface area contributed by atoms with Crippen molar-refractivity contribution in [1.29, 1.82) is 0 Å². The number of para-hydroxylation sites is 1. The zero-order valence-corrected chi connectivity index (χ0v) is 12.3. The summed E-state index contributed by atoms with van der Waals surface area (Å²) in [4.78, 5) is 23.5. The topological polar surface area (TPSA) is 70.2 Å². The Bertz CT molecular complexity index is 740. The molecule has 1 heterocycles. The van der Waals surface area contributed by atoms with E-state index in [0.717, 1.165) is 22.5 Å². The Morgan fingerprint density at radius 2 is 2.00 bits per heavy atom. The number of hydrogen-bond acceptors (Lipinski definition) is 3. The Morgan fingerprint density at radius 1 is 1.18 bits per heavy atom. The van der Waals surface area contributed by atoms with Crippen molar-refractivity contribution in [1.82, 2.24) is 5.32 Å². The fourth-order valence-corrected chi connectivity index (χ4v) is 2.57. The first kappa shape index (κ1) is 14.1. The first-order chi connectivity index (χ1) is 10.7. The maximum Gasteiger partial charge on any atom is 0.251 e. The number of hydrogen-bond donors (Lipinski definition) is 3. The largest absolute Gasteiger partial charge is 0.382 e. The van der Waals surface area contributed by atoms with Gasteiger partial charge in [-0.3, -0.25) is 9.59 Å². The highest BCUT2D eigenvalue weighted by Crippen LogP contribution is 2.35. The zero-order chi connectivity index (χ0) is 15.5. The van der Waals surface area contributed by atoms with Gasteiger partial charge in [0.25, 0.3) is 5.91 Å². The third kappa shape index (κ3) is 2.65. The molecule has 112 valence electrons. The summed E-state index contributed by atoms with van der Waals surface area (Å²) in [5.41, 5.74) is 4.16. The predicted molar refractivity (Wildman–Crippen MR) is 87.0 cm³/mol. The number of anilines is 2. The highest BCUT2D eigenvalue weighted by molar-refractivity contribution is 6.01. The summed E-state index contributed by atoms with van der Waals surface area (Å²) in [7, 11) is 1.61. The highest BCUT2D eigenvalue weighted by atomic mass is 16.2. The van der Waals surface area contributed by atoms with E-state index in [1.165, 1.54) is 0 Å². The molecule has 2 aromatic carbocycles. The quantitative estimate of drug-likeness (QED) is 0.797. The van der Waals surface area contributed by atoms with Crippen molar-refractivity contribution in [2.24, 2.45) is 0 Å². The van der Waals surface area contributed by atoms with Crippen molar-refractivity contribution < 1.29 is 9.59 Å². The van der Waals surface area contributed by atoms with Crippen LogP contribution in [0.4, 0.5) is 11.4 Å². The SMILES string of the molecule is CNC(=O)c1cccc(-c2cccc3c2NCCC(=O)N3)c1. The summed E-state index contributed by atoms with van der Waals surface area (Å²) in [5, 5.41) is 8.83. The molecule has 0 bridgehead atoms. The molecule has 22 heavy (non-hydrogen) atoms. The Hall–Kier alpha value is -2.82. The van der Waals surface area contributed by atoms with Gasteiger partial charge in [0.2, 0.25) is 5.91 Å². The van der Waals surface area contributed by atoms with Gasteiger partial charge in [0.05, 0.1) is 11.4 Å². The Labute approximate surface area is 128 Å². The summed E-state index contributed by atoms with van der Waals surface area (Å²) < 4.78 is 0. The minimum absolute atomic E-state index is 0.00233. The standard InChI is InChI=1S/C17H17N3O2/c1-18-17(22)12-5-2-4-11(10-12)13-6-3-7-14-16(13)19-9-8-15(21)20-14/h2-7,10,19H,8-9H2,1H3,(H,18,22)(H,20,21). The van der Waals surface area contributed by atoms with Gasteiger partial charge in [-0.25, -0.2) is 0 Å². The van der Waals surface area contributed by atoms with Crippen molar-refractivity contribution in [3.63, 3.8) is 0 Å². The van der Waals surface area contributed by atoms with E-state index in [2.05, 4.69) is 16.0 Å². The van der Waals surface area contributed by atoms with Gasteiger partial charge in [0, 0.05) is 31.1 Å². The van der Waals surface area contributed by atoms with Gasteiger partial charge in [0.15, 0.2) is 0 Å². The van der Waals surface area contributed by atoms with Crippen LogP contribution in [0, 0.1) is 0 Å². The summed E-state index contributed by atoms with van der Waals surface area (Å²) in [6, 6.07) is 13.2. The van der Waals surface area contributed by atoms with Gasteiger partial charge in [-0.1, -0.05) is 24.3 Å². The van der Waals surface area contributed by atoms with Gasteiger partial charge >= 0.3 is 0 Å². The smallest absolute Gasteiger partial charge is 0.251 e. The number of carbonyl (C=O) groups excluding carboxylic acids is 2. The summed E-state index contributed by atoms with van der Waals surface area (Å²) in [5.74, 6) is -0.118. The Kier molecular flexibility index (Phi) is 3.78. The summed E-state index contributed by atoms with van der Waals surface area (Å²) in [6.07, 6.45) is 0.437. The van der Waals surface area contributed by atoms with E-state index in [1.54, 1.807) is 13.1 Å². The molecule has 2 amide bonds. The van der Waals surface area contributed by atoms with Gasteiger partial charge in [-0.05, 0) is 23.8 Å². The van der Waals surface area contributed by atoms with E-state index in [4.69, 9.17) is 0 Å². The number of amides is 2. The highest BCUT2D eigenvalue weighted by Gasteiger charge is 2.16. The molecule has 0 atom stereocenters. The van der Waals surface area contributed by atoms with Crippen molar-refractivity contribution in [2.75, 3.05) is 24.2 Å². The normalized spacial score (nSPS) is 13.4. The molecule has 0 aliphatic carbocycles. The fourth-order valence-electron chi connectivity index (χ4n) is 2.57. The summed E-state index contributed by atoms with van der Waals surface area (Å²) in [6.45, 7) is 0.588. The number of nitrogens with one attached hydrogen (secondary N) is 3. The minimum Gasteiger partial charge on any atom is -0.382 e. The van der Waals surface area contributed by atoms with E-state index < -0.39 is 0 Å². The van der Waals surface area contributed by atoms with Crippen LogP contribution in [0.1, 0.15) is 16.8 Å². The van der Waals surface area contributed by atoms with E-state index in [0.29, 0.717) is 18.5 Å². The second-order valence-electron chi connectivity index (χ2n) is 5.11. The molecular formula is C17H17N3O2. The molecule has 1 aliphatic heterocycles. The monoisotopic (exact) mass is 295 g/mol. The lowest BCUT2D eigenvalue weighted by Crippen LogP contribution is -2.17. The lowest BCUT2D eigenvalue weighted by Gasteiger charge is -2.14. The number of fused-ring (bicyclic) bond motifs is 1. The summed E-state index contributed by atoms with van der Waals surface area (Å²) >= 11 is 0. The lowest BCUT2D eigenvalue weighted by molar-refractivity contribution is -0.115. The number of benzene rings is 2. The van der Waals surface area contributed by atoms with Crippen LogP contribution in [0.3, 0.4) is 0 Å².